The van der Waals surface area contributed by atoms with Gasteiger partial charge in [-0.15, -0.1) is 0 Å². The highest BCUT2D eigenvalue weighted by atomic mass is 35.5. The molecule has 3 aliphatic heterocycles. The van der Waals surface area contributed by atoms with Gasteiger partial charge in [0, 0.05) is 97.5 Å². The van der Waals surface area contributed by atoms with Gasteiger partial charge in [-0.25, -0.2) is 39.5 Å². The van der Waals surface area contributed by atoms with Crippen LogP contribution < -0.4 is 25.3 Å². The number of H-pyrrole nitrogens is 2. The van der Waals surface area contributed by atoms with Crippen molar-refractivity contribution in [3.8, 4) is 0 Å². The molecule has 12 rings (SSSR count). The van der Waals surface area contributed by atoms with Crippen molar-refractivity contribution in [3.05, 3.63) is 87.3 Å². The predicted molar refractivity (Wildman–Crippen MR) is 302 cm³/mol. The summed E-state index contributed by atoms with van der Waals surface area (Å²) in [7, 11) is 0. The molecule has 0 aromatic carbocycles. The summed E-state index contributed by atoms with van der Waals surface area (Å²) in [4.78, 5) is 64.3. The van der Waals surface area contributed by atoms with Gasteiger partial charge >= 0.3 is 12.2 Å². The van der Waals surface area contributed by atoms with Crippen molar-refractivity contribution >= 4 is 86.2 Å². The molecule has 76 heavy (non-hydrogen) atoms. The van der Waals surface area contributed by atoms with Crippen molar-refractivity contribution in [3.63, 3.8) is 0 Å². The lowest BCUT2D eigenvalue weighted by Gasteiger charge is -2.42. The van der Waals surface area contributed by atoms with E-state index in [1.165, 1.54) is 44.0 Å². The maximum Gasteiger partial charge on any atom is 0.407 e. The first kappa shape index (κ1) is 55.1. The van der Waals surface area contributed by atoms with Crippen LogP contribution in [0.15, 0.2) is 49.3 Å². The van der Waals surface area contributed by atoms with Crippen molar-refractivity contribution in [1.29, 1.82) is 0 Å². The number of carbonyl (C=O) groups excluding carboxylic acids is 2. The number of halogens is 3. The van der Waals surface area contributed by atoms with Crippen LogP contribution >= 0.6 is 34.8 Å². The van der Waals surface area contributed by atoms with Crippen molar-refractivity contribution < 1.29 is 19.1 Å². The smallest absolute Gasteiger partial charge is 0.407 e. The Labute approximate surface area is 461 Å². The molecule has 6 aromatic rings. The third kappa shape index (κ3) is 12.1. The molecule has 6 aliphatic rings. The van der Waals surface area contributed by atoms with Crippen LogP contribution in [0.5, 0.6) is 0 Å². The molecule has 20 heteroatoms. The van der Waals surface area contributed by atoms with E-state index in [9.17, 15) is 9.59 Å². The summed E-state index contributed by atoms with van der Waals surface area (Å²) in [5, 5.41) is 9.83. The van der Waals surface area contributed by atoms with Crippen LogP contribution in [0.1, 0.15) is 130 Å². The topological polar surface area (TPSA) is 195 Å². The third-order valence-corrected chi connectivity index (χ3v) is 16.5. The van der Waals surface area contributed by atoms with Gasteiger partial charge in [0.2, 0.25) is 0 Å². The van der Waals surface area contributed by atoms with Gasteiger partial charge in [0.25, 0.3) is 0 Å². The van der Waals surface area contributed by atoms with Crippen molar-refractivity contribution in [2.24, 2.45) is 23.7 Å². The predicted octanol–water partition coefficient (Wildman–Crippen LogP) is 12.0. The molecule has 8 atom stereocenters. The summed E-state index contributed by atoms with van der Waals surface area (Å²) >= 11 is 18.8. The Kier molecular flexibility index (Phi) is 16.2. The molecule has 4 N–H and O–H groups in total. The number of nitrogens with one attached hydrogen (secondary N) is 4. The summed E-state index contributed by atoms with van der Waals surface area (Å²) in [6, 6.07) is 8.98. The quantitative estimate of drug-likeness (QED) is 0.0941. The number of alkyl carbamates (subject to hydrolysis) is 2. The number of pyridine rings is 2. The number of nitrogens with zero attached hydrogens (tertiary/aromatic N) is 9. The van der Waals surface area contributed by atoms with E-state index in [2.05, 4.69) is 80.1 Å². The number of fused-ring (bicyclic) bond motifs is 8. The summed E-state index contributed by atoms with van der Waals surface area (Å²) in [5.41, 5.74) is 7.11. The average molecular weight is 1100 g/mol. The molecule has 3 saturated carbocycles. The SMILES string of the molecule is C.CC(C)(C)OC(=O)NC1[C@@H]2CCC[C@H]1CC2.C[C@@H]1Cc2ncnc(Cl)c2CN1c1cc(Cl)nc2[nH]ccc12.C[C@@H]1Cc2ncnc(N3C[C@H]4CC[C@@H](C3)C4NC(=O)OC(C)(C)C)c2CN1c1cc(Cl)nc2[nH]ccc12. The van der Waals surface area contributed by atoms with Crippen LogP contribution in [-0.4, -0.2) is 101 Å². The fourth-order valence-corrected chi connectivity index (χ4v) is 13.1. The molecule has 2 unspecified atom stereocenters. The molecular formula is C56H74Cl3N13O4. The van der Waals surface area contributed by atoms with Gasteiger partial charge in [0.15, 0.2) is 0 Å². The number of anilines is 3. The zero-order chi connectivity index (χ0) is 52.9. The van der Waals surface area contributed by atoms with Crippen LogP contribution in [0.3, 0.4) is 0 Å². The Morgan fingerprint density at radius 1 is 0.632 bits per heavy atom. The lowest BCUT2D eigenvalue weighted by molar-refractivity contribution is 0.0455. The minimum Gasteiger partial charge on any atom is -0.444 e. The van der Waals surface area contributed by atoms with Gasteiger partial charge in [-0.1, -0.05) is 48.7 Å². The van der Waals surface area contributed by atoms with Crippen LogP contribution in [-0.2, 0) is 35.4 Å². The highest BCUT2D eigenvalue weighted by Crippen LogP contribution is 2.44. The molecule has 408 valence electrons. The maximum absolute atomic E-state index is 12.5. The third-order valence-electron chi connectivity index (χ3n) is 15.8. The van der Waals surface area contributed by atoms with E-state index >= 15 is 0 Å². The van der Waals surface area contributed by atoms with Crippen LogP contribution in [0, 0.1) is 23.7 Å². The minimum absolute atomic E-state index is 0. The number of hydrogen-bond donors (Lipinski definition) is 4. The second-order valence-corrected chi connectivity index (χ2v) is 24.5. The minimum atomic E-state index is -0.502. The van der Waals surface area contributed by atoms with E-state index in [1.54, 1.807) is 6.33 Å². The first-order valence-electron chi connectivity index (χ1n) is 26.6. The van der Waals surface area contributed by atoms with Gasteiger partial charge in [-0.2, -0.15) is 0 Å². The molecule has 9 heterocycles. The van der Waals surface area contributed by atoms with Gasteiger partial charge < -0.3 is 44.8 Å². The van der Waals surface area contributed by atoms with E-state index in [0.717, 1.165) is 95.0 Å². The zero-order valence-electron chi connectivity index (χ0n) is 44.2. The van der Waals surface area contributed by atoms with Gasteiger partial charge in [0.05, 0.1) is 22.8 Å². The Hall–Kier alpha value is -5.65. The van der Waals surface area contributed by atoms with Gasteiger partial charge in [-0.3, -0.25) is 0 Å². The molecule has 3 aliphatic carbocycles. The lowest BCUT2D eigenvalue weighted by Crippen LogP contribution is -2.54. The Morgan fingerprint density at radius 2 is 1.08 bits per heavy atom. The summed E-state index contributed by atoms with van der Waals surface area (Å²) in [6.45, 7) is 18.9. The second-order valence-electron chi connectivity index (χ2n) is 23.4. The molecule has 4 fully saturated rings. The molecule has 6 aromatic heterocycles. The summed E-state index contributed by atoms with van der Waals surface area (Å²) < 4.78 is 10.9. The second kappa shape index (κ2) is 22.4. The molecule has 1 saturated heterocycles. The Bertz CT molecular complexity index is 3020. The Balaban J connectivity index is 0.000000153. The average Bonchev–Trinajstić information content (AvgIpc) is 4.10. The zero-order valence-corrected chi connectivity index (χ0v) is 46.5. The number of rotatable bonds is 5. The molecule has 2 amide bonds. The molecular weight excluding hydrogens is 1030 g/mol. The number of aromatic amines is 2. The first-order chi connectivity index (χ1) is 35.7. The fourth-order valence-electron chi connectivity index (χ4n) is 12.6. The molecule has 0 spiro atoms. The van der Waals surface area contributed by atoms with Crippen molar-refractivity contribution in [1.82, 2.24) is 50.5 Å². The van der Waals surface area contributed by atoms with Gasteiger partial charge in [0.1, 0.15) is 56.4 Å². The maximum atomic E-state index is 12.5. The highest BCUT2D eigenvalue weighted by molar-refractivity contribution is 6.31. The summed E-state index contributed by atoms with van der Waals surface area (Å²) in [6.07, 6.45) is 16.7. The number of ether oxygens (including phenoxy) is 2. The number of piperidine rings is 1. The normalized spacial score (nSPS) is 24.5. The fraction of sp³-hybridized carbons (Fsp3) is 0.571. The van der Waals surface area contributed by atoms with Crippen LogP contribution in [0.25, 0.3) is 22.1 Å². The lowest BCUT2D eigenvalue weighted by atomic mass is 9.84. The van der Waals surface area contributed by atoms with Crippen molar-refractivity contribution in [2.45, 2.75) is 169 Å². The van der Waals surface area contributed by atoms with E-state index in [-0.39, 0.29) is 37.7 Å². The van der Waals surface area contributed by atoms with E-state index < -0.39 is 11.2 Å². The van der Waals surface area contributed by atoms with E-state index in [4.69, 9.17) is 49.3 Å². The summed E-state index contributed by atoms with van der Waals surface area (Å²) in [5.74, 6) is 3.15. The number of aromatic nitrogens is 8. The van der Waals surface area contributed by atoms with Crippen LogP contribution in [0.4, 0.5) is 26.8 Å². The Morgan fingerprint density at radius 3 is 1.58 bits per heavy atom. The largest absolute Gasteiger partial charge is 0.444 e. The van der Waals surface area contributed by atoms with Crippen LogP contribution in [0.2, 0.25) is 15.5 Å². The number of amides is 2. The highest BCUT2D eigenvalue weighted by Gasteiger charge is 2.45. The molecule has 0 radical (unpaired) electrons. The standard InChI is InChI=1S/C27H34ClN7O2.C15H13Cl2N5.C13H23NO2.CH4/c1-15-9-20-19(13-35(15)21-10-22(28)32-24-18(21)7-8-29-24)25(31-14-30-20)34-11-16-5-6-17(12-34)23(16)33-26(36)37-27(2,3)4;1-8-4-11-10(14(17)20-7-19-11)6-22(8)12-5-13(16)21-15-9(12)2-3-18-15;1-13(2,3)16-12(15)14-11-9-5-4-6-10(11)8-7-9;/h7-8,10,14-17,23H,5-6,9,11-13H2,1-4H3,(H,29,32)(H,33,36);2-3,5,7-8H,4,6H2,1H3,(H,18,21);9-11H,4-8H2,1-3H3,(H,14,15);1H4/t15-,16-,17+,23?;8-;9-,10+,11?;/m11../s1. The van der Waals surface area contributed by atoms with Crippen molar-refractivity contribution in [2.75, 3.05) is 27.8 Å². The number of hydrogen-bond acceptors (Lipinski definition) is 13. The van der Waals surface area contributed by atoms with E-state index in [1.807, 2.05) is 72.1 Å². The molecule has 17 nitrogen and oxygen atoms in total. The van der Waals surface area contributed by atoms with E-state index in [0.29, 0.717) is 58.3 Å². The first-order valence-corrected chi connectivity index (χ1v) is 27.7. The number of carbonyl (C=O) groups is 2. The monoisotopic (exact) mass is 1100 g/mol. The molecule has 4 bridgehead atoms. The van der Waals surface area contributed by atoms with Gasteiger partial charge in [-0.05, 0) is 142 Å².